The highest BCUT2D eigenvalue weighted by atomic mass is 15.1. The number of benzene rings is 1. The Bertz CT molecular complexity index is 602. The van der Waals surface area contributed by atoms with Gasteiger partial charge >= 0.3 is 0 Å². The Kier molecular flexibility index (Phi) is 4.29. The highest BCUT2D eigenvalue weighted by Gasteiger charge is 2.26. The predicted molar refractivity (Wildman–Crippen MR) is 88.3 cm³/mol. The molecule has 0 bridgehead atoms. The van der Waals surface area contributed by atoms with Crippen LogP contribution in [0.1, 0.15) is 57.8 Å². The lowest BCUT2D eigenvalue weighted by molar-refractivity contribution is 0.237. The Morgan fingerprint density at radius 1 is 1.29 bits per heavy atom. The maximum absolute atomic E-state index is 4.83. The summed E-state index contributed by atoms with van der Waals surface area (Å²) in [5, 5.41) is 3.85. The molecule has 0 radical (unpaired) electrons. The van der Waals surface area contributed by atoms with Crippen molar-refractivity contribution in [1.82, 2.24) is 14.9 Å². The zero-order valence-corrected chi connectivity index (χ0v) is 13.5. The van der Waals surface area contributed by atoms with Crippen LogP contribution in [-0.4, -0.2) is 15.6 Å². The van der Waals surface area contributed by atoms with Crippen LogP contribution in [0.25, 0.3) is 11.0 Å². The maximum Gasteiger partial charge on any atom is 0.126 e. The SMILES string of the molecule is CCC1CCCCC1NC(C)c1nc2ccccc2n1C. The Morgan fingerprint density at radius 2 is 2.05 bits per heavy atom. The van der Waals surface area contributed by atoms with Gasteiger partial charge in [0.1, 0.15) is 5.82 Å². The highest BCUT2D eigenvalue weighted by Crippen LogP contribution is 2.29. The molecule has 1 fully saturated rings. The van der Waals surface area contributed by atoms with Crippen LogP contribution >= 0.6 is 0 Å². The molecule has 3 nitrogen and oxygen atoms in total. The van der Waals surface area contributed by atoms with E-state index in [1.165, 1.54) is 37.6 Å². The zero-order chi connectivity index (χ0) is 14.8. The predicted octanol–water partition coefficient (Wildman–Crippen LogP) is 4.19. The summed E-state index contributed by atoms with van der Waals surface area (Å²) in [6, 6.07) is 9.35. The van der Waals surface area contributed by atoms with Gasteiger partial charge in [-0.2, -0.15) is 0 Å². The van der Waals surface area contributed by atoms with E-state index in [4.69, 9.17) is 4.98 Å². The number of nitrogens with zero attached hydrogens (tertiary/aromatic N) is 2. The number of nitrogens with one attached hydrogen (secondary N) is 1. The van der Waals surface area contributed by atoms with E-state index < -0.39 is 0 Å². The first-order chi connectivity index (χ1) is 10.2. The molecular formula is C18H27N3. The third-order valence-electron chi connectivity index (χ3n) is 5.11. The largest absolute Gasteiger partial charge is 0.330 e. The van der Waals surface area contributed by atoms with E-state index in [0.29, 0.717) is 12.1 Å². The van der Waals surface area contributed by atoms with Crippen LogP contribution in [0.3, 0.4) is 0 Å². The summed E-state index contributed by atoms with van der Waals surface area (Å²) in [6.45, 7) is 4.58. The van der Waals surface area contributed by atoms with Gasteiger partial charge in [-0.25, -0.2) is 4.98 Å². The van der Waals surface area contributed by atoms with Crippen LogP contribution in [0.4, 0.5) is 0 Å². The van der Waals surface area contributed by atoms with Crippen molar-refractivity contribution in [2.45, 2.75) is 58.0 Å². The summed E-state index contributed by atoms with van der Waals surface area (Å²) in [5.41, 5.74) is 2.32. The van der Waals surface area contributed by atoms with Gasteiger partial charge in [0.05, 0.1) is 17.1 Å². The van der Waals surface area contributed by atoms with E-state index in [9.17, 15) is 0 Å². The van der Waals surface area contributed by atoms with Crippen molar-refractivity contribution in [3.63, 3.8) is 0 Å². The molecule has 0 aliphatic heterocycles. The molecule has 3 unspecified atom stereocenters. The van der Waals surface area contributed by atoms with E-state index in [1.807, 2.05) is 0 Å². The molecule has 1 aromatic carbocycles. The van der Waals surface area contributed by atoms with Gasteiger partial charge < -0.3 is 9.88 Å². The van der Waals surface area contributed by atoms with Crippen LogP contribution in [-0.2, 0) is 7.05 Å². The van der Waals surface area contributed by atoms with Crippen molar-refractivity contribution in [1.29, 1.82) is 0 Å². The fraction of sp³-hybridized carbons (Fsp3) is 0.611. The number of aryl methyl sites for hydroxylation is 1. The molecule has 0 amide bonds. The first-order valence-electron chi connectivity index (χ1n) is 8.38. The van der Waals surface area contributed by atoms with E-state index in [0.717, 1.165) is 17.3 Å². The quantitative estimate of drug-likeness (QED) is 0.912. The number of fused-ring (bicyclic) bond motifs is 1. The molecular weight excluding hydrogens is 258 g/mol. The molecule has 1 N–H and O–H groups in total. The van der Waals surface area contributed by atoms with Crippen molar-refractivity contribution in [2.24, 2.45) is 13.0 Å². The lowest BCUT2D eigenvalue weighted by Gasteiger charge is -2.33. The second-order valence-electron chi connectivity index (χ2n) is 6.47. The third kappa shape index (κ3) is 2.84. The van der Waals surface area contributed by atoms with Gasteiger partial charge in [0.2, 0.25) is 0 Å². The van der Waals surface area contributed by atoms with E-state index in [-0.39, 0.29) is 0 Å². The van der Waals surface area contributed by atoms with Crippen LogP contribution in [0.2, 0.25) is 0 Å². The van der Waals surface area contributed by atoms with Crippen molar-refractivity contribution in [3.05, 3.63) is 30.1 Å². The number of hydrogen-bond acceptors (Lipinski definition) is 2. The number of hydrogen-bond donors (Lipinski definition) is 1. The molecule has 21 heavy (non-hydrogen) atoms. The fourth-order valence-corrected chi connectivity index (χ4v) is 3.86. The van der Waals surface area contributed by atoms with Gasteiger partial charge in [-0.15, -0.1) is 0 Å². The summed E-state index contributed by atoms with van der Waals surface area (Å²) < 4.78 is 2.23. The fourth-order valence-electron chi connectivity index (χ4n) is 3.86. The maximum atomic E-state index is 4.83. The third-order valence-corrected chi connectivity index (χ3v) is 5.11. The second-order valence-corrected chi connectivity index (χ2v) is 6.47. The highest BCUT2D eigenvalue weighted by molar-refractivity contribution is 5.75. The first-order valence-corrected chi connectivity index (χ1v) is 8.38. The Hall–Kier alpha value is -1.35. The molecule has 3 atom stereocenters. The summed E-state index contributed by atoms with van der Waals surface area (Å²) in [4.78, 5) is 4.83. The molecule has 1 aromatic heterocycles. The average molecular weight is 285 g/mol. The number of para-hydroxylation sites is 2. The van der Waals surface area contributed by atoms with Crippen molar-refractivity contribution in [2.75, 3.05) is 0 Å². The molecule has 1 aliphatic rings. The first kappa shape index (κ1) is 14.6. The van der Waals surface area contributed by atoms with Gasteiger partial charge in [-0.05, 0) is 37.8 Å². The van der Waals surface area contributed by atoms with Crippen LogP contribution < -0.4 is 5.32 Å². The summed E-state index contributed by atoms with van der Waals surface area (Å²) in [6.07, 6.45) is 6.74. The smallest absolute Gasteiger partial charge is 0.126 e. The number of rotatable bonds is 4. The summed E-state index contributed by atoms with van der Waals surface area (Å²) >= 11 is 0. The molecule has 1 heterocycles. The van der Waals surface area contributed by atoms with Crippen molar-refractivity contribution < 1.29 is 0 Å². The number of aromatic nitrogens is 2. The molecule has 114 valence electrons. The second kappa shape index (κ2) is 6.18. The molecule has 2 aromatic rings. The Balaban J connectivity index is 1.80. The lowest BCUT2D eigenvalue weighted by Crippen LogP contribution is -2.40. The minimum atomic E-state index is 0.305. The van der Waals surface area contributed by atoms with E-state index in [2.05, 4.69) is 55.0 Å². The standard InChI is InChI=1S/C18H27N3/c1-4-14-9-5-6-10-15(14)19-13(2)18-20-16-11-7-8-12-17(16)21(18)3/h7-8,11-15,19H,4-6,9-10H2,1-3H3. The monoisotopic (exact) mass is 285 g/mol. The van der Waals surface area contributed by atoms with Crippen LogP contribution in [0.15, 0.2) is 24.3 Å². The Morgan fingerprint density at radius 3 is 2.81 bits per heavy atom. The van der Waals surface area contributed by atoms with Gasteiger partial charge in [0, 0.05) is 13.1 Å². The minimum absolute atomic E-state index is 0.305. The Labute approximate surface area is 127 Å². The van der Waals surface area contributed by atoms with E-state index >= 15 is 0 Å². The lowest BCUT2D eigenvalue weighted by atomic mass is 9.82. The van der Waals surface area contributed by atoms with Crippen molar-refractivity contribution >= 4 is 11.0 Å². The average Bonchev–Trinajstić information content (AvgIpc) is 2.85. The van der Waals surface area contributed by atoms with Crippen LogP contribution in [0.5, 0.6) is 0 Å². The van der Waals surface area contributed by atoms with Gasteiger partial charge in [-0.1, -0.05) is 38.3 Å². The molecule has 1 aliphatic carbocycles. The summed E-state index contributed by atoms with van der Waals surface area (Å²) in [7, 11) is 2.13. The van der Waals surface area contributed by atoms with Crippen molar-refractivity contribution in [3.8, 4) is 0 Å². The molecule has 0 saturated heterocycles. The molecule has 1 saturated carbocycles. The van der Waals surface area contributed by atoms with Gasteiger partial charge in [0.25, 0.3) is 0 Å². The molecule has 0 spiro atoms. The minimum Gasteiger partial charge on any atom is -0.330 e. The number of imidazole rings is 1. The van der Waals surface area contributed by atoms with E-state index in [1.54, 1.807) is 0 Å². The van der Waals surface area contributed by atoms with Crippen LogP contribution in [0, 0.1) is 5.92 Å². The normalized spacial score (nSPS) is 24.3. The topological polar surface area (TPSA) is 29.9 Å². The molecule has 3 heteroatoms. The molecule has 3 rings (SSSR count). The van der Waals surface area contributed by atoms with Gasteiger partial charge in [0.15, 0.2) is 0 Å². The summed E-state index contributed by atoms with van der Waals surface area (Å²) in [5.74, 6) is 1.98. The zero-order valence-electron chi connectivity index (χ0n) is 13.5. The van der Waals surface area contributed by atoms with Gasteiger partial charge in [-0.3, -0.25) is 0 Å².